The van der Waals surface area contributed by atoms with E-state index >= 15 is 0 Å². The summed E-state index contributed by atoms with van der Waals surface area (Å²) in [5, 5.41) is 16.6. The lowest BCUT2D eigenvalue weighted by molar-refractivity contribution is 0.311. The van der Waals surface area contributed by atoms with Crippen LogP contribution < -0.4 is 10.1 Å². The number of ether oxygens (including phenoxy) is 1. The Hall–Kier alpha value is -2.67. The monoisotopic (exact) mass is 299 g/mol. The van der Waals surface area contributed by atoms with Crippen LogP contribution in [-0.4, -0.2) is 45.0 Å². The molecule has 0 fully saturated rings. The average molecular weight is 299 g/mol. The van der Waals surface area contributed by atoms with Gasteiger partial charge in [0.05, 0.1) is 13.7 Å². The zero-order valence-electron chi connectivity index (χ0n) is 12.4. The van der Waals surface area contributed by atoms with Gasteiger partial charge in [0.2, 0.25) is 0 Å². The number of hydrogen-bond donors (Lipinski definition) is 2. The van der Waals surface area contributed by atoms with Crippen molar-refractivity contribution in [2.75, 3.05) is 25.6 Å². The van der Waals surface area contributed by atoms with E-state index in [-0.39, 0.29) is 6.61 Å². The molecule has 7 heteroatoms. The van der Waals surface area contributed by atoms with E-state index in [4.69, 9.17) is 9.84 Å². The summed E-state index contributed by atoms with van der Waals surface area (Å²) in [6.07, 6.45) is 0. The van der Waals surface area contributed by atoms with Crippen molar-refractivity contribution in [2.24, 2.45) is 0 Å². The molecule has 114 valence electrons. The molecular weight excluding hydrogens is 282 g/mol. The van der Waals surface area contributed by atoms with Crippen LogP contribution in [0, 0.1) is 6.92 Å². The number of methoxy groups -OCH3 is 1. The van der Waals surface area contributed by atoms with E-state index in [2.05, 4.69) is 20.4 Å². The number of aromatic nitrogens is 4. The van der Waals surface area contributed by atoms with Crippen molar-refractivity contribution in [1.82, 2.24) is 19.6 Å². The molecule has 0 aliphatic heterocycles. The summed E-state index contributed by atoms with van der Waals surface area (Å²) < 4.78 is 6.79. The van der Waals surface area contributed by atoms with Gasteiger partial charge in [-0.05, 0) is 31.2 Å². The summed E-state index contributed by atoms with van der Waals surface area (Å²) in [6, 6.07) is 9.41. The van der Waals surface area contributed by atoms with Crippen molar-refractivity contribution in [3.63, 3.8) is 0 Å². The van der Waals surface area contributed by atoms with Gasteiger partial charge < -0.3 is 15.2 Å². The summed E-state index contributed by atoms with van der Waals surface area (Å²) in [4.78, 5) is 8.85. The highest BCUT2D eigenvalue weighted by molar-refractivity contribution is 5.59. The smallest absolute Gasteiger partial charge is 0.254 e. The number of fused-ring (bicyclic) bond motifs is 1. The molecule has 0 radical (unpaired) electrons. The van der Waals surface area contributed by atoms with Crippen molar-refractivity contribution >= 4 is 11.6 Å². The highest BCUT2D eigenvalue weighted by Crippen LogP contribution is 2.21. The van der Waals surface area contributed by atoms with E-state index in [1.165, 1.54) is 0 Å². The Kier molecular flexibility index (Phi) is 3.88. The van der Waals surface area contributed by atoms with E-state index < -0.39 is 0 Å². The van der Waals surface area contributed by atoms with Crippen LogP contribution in [0.1, 0.15) is 5.69 Å². The van der Waals surface area contributed by atoms with Gasteiger partial charge in [0.15, 0.2) is 5.82 Å². The first-order valence-corrected chi connectivity index (χ1v) is 6.95. The van der Waals surface area contributed by atoms with Gasteiger partial charge in [0, 0.05) is 23.9 Å². The molecule has 22 heavy (non-hydrogen) atoms. The molecule has 0 spiro atoms. The molecule has 0 saturated heterocycles. The summed E-state index contributed by atoms with van der Waals surface area (Å²) >= 11 is 0. The third-order valence-electron chi connectivity index (χ3n) is 3.21. The van der Waals surface area contributed by atoms with E-state index in [0.29, 0.717) is 18.1 Å². The van der Waals surface area contributed by atoms with Gasteiger partial charge >= 0.3 is 0 Å². The van der Waals surface area contributed by atoms with E-state index in [9.17, 15) is 0 Å². The van der Waals surface area contributed by atoms with Crippen LogP contribution >= 0.6 is 0 Å². The first-order valence-electron chi connectivity index (χ1n) is 6.95. The van der Waals surface area contributed by atoms with Crippen LogP contribution in [-0.2, 0) is 0 Å². The minimum absolute atomic E-state index is 0.0445. The summed E-state index contributed by atoms with van der Waals surface area (Å²) in [7, 11) is 1.63. The van der Waals surface area contributed by atoms with Crippen LogP contribution in [0.4, 0.5) is 5.82 Å². The quantitative estimate of drug-likeness (QED) is 0.743. The van der Waals surface area contributed by atoms with E-state index in [0.717, 1.165) is 22.8 Å². The maximum absolute atomic E-state index is 8.97. The highest BCUT2D eigenvalue weighted by atomic mass is 16.5. The molecule has 2 aromatic heterocycles. The molecule has 0 aliphatic rings. The number of benzene rings is 1. The molecule has 0 amide bonds. The summed E-state index contributed by atoms with van der Waals surface area (Å²) in [6.45, 7) is 2.38. The molecule has 3 aromatic rings. The van der Waals surface area contributed by atoms with Crippen molar-refractivity contribution in [2.45, 2.75) is 6.92 Å². The summed E-state index contributed by atoms with van der Waals surface area (Å²) in [5.74, 6) is 2.65. The van der Waals surface area contributed by atoms with E-state index in [1.54, 1.807) is 11.6 Å². The molecule has 0 aliphatic carbocycles. The Bertz CT molecular complexity index is 782. The Morgan fingerprint density at radius 1 is 1.23 bits per heavy atom. The lowest BCUT2D eigenvalue weighted by Gasteiger charge is -2.06. The van der Waals surface area contributed by atoms with Gasteiger partial charge in [-0.15, -0.1) is 5.10 Å². The van der Waals surface area contributed by atoms with Crippen LogP contribution in [0.15, 0.2) is 30.3 Å². The number of nitrogens with one attached hydrogen (secondary N) is 1. The molecule has 1 aromatic carbocycles. The molecule has 2 N–H and O–H groups in total. The number of aryl methyl sites for hydroxylation is 1. The molecule has 3 rings (SSSR count). The fraction of sp³-hybridized carbons (Fsp3) is 0.267. The van der Waals surface area contributed by atoms with Crippen LogP contribution in [0.5, 0.6) is 5.75 Å². The zero-order valence-corrected chi connectivity index (χ0v) is 12.4. The largest absolute Gasteiger partial charge is 0.497 e. The number of aliphatic hydroxyl groups excluding tert-OH is 1. The highest BCUT2D eigenvalue weighted by Gasteiger charge is 2.11. The first-order chi connectivity index (χ1) is 10.7. The molecule has 0 unspecified atom stereocenters. The van der Waals surface area contributed by atoms with Crippen LogP contribution in [0.25, 0.3) is 17.2 Å². The molecule has 0 saturated carbocycles. The third-order valence-corrected chi connectivity index (χ3v) is 3.21. The molecule has 0 atom stereocenters. The van der Waals surface area contributed by atoms with Crippen molar-refractivity contribution in [1.29, 1.82) is 0 Å². The van der Waals surface area contributed by atoms with Gasteiger partial charge in [-0.25, -0.2) is 4.98 Å². The number of anilines is 1. The molecule has 0 bridgehead atoms. The van der Waals surface area contributed by atoms with Crippen molar-refractivity contribution in [3.8, 4) is 17.1 Å². The van der Waals surface area contributed by atoms with Gasteiger partial charge in [0.25, 0.3) is 5.78 Å². The second kappa shape index (κ2) is 5.98. The lowest BCUT2D eigenvalue weighted by atomic mass is 10.2. The Morgan fingerprint density at radius 3 is 2.68 bits per heavy atom. The predicted octanol–water partition coefficient (Wildman–Crippen LogP) is 1.51. The molecule has 2 heterocycles. The van der Waals surface area contributed by atoms with Gasteiger partial charge in [-0.3, -0.25) is 0 Å². The zero-order chi connectivity index (χ0) is 15.5. The SMILES string of the molecule is COc1ccc(-c2nc3nc(C)cc(NCCO)n3n2)cc1. The van der Waals surface area contributed by atoms with Crippen molar-refractivity contribution in [3.05, 3.63) is 36.0 Å². The fourth-order valence-corrected chi connectivity index (χ4v) is 2.16. The number of aliphatic hydroxyl groups is 1. The second-order valence-corrected chi connectivity index (χ2v) is 4.81. The third kappa shape index (κ3) is 2.71. The van der Waals surface area contributed by atoms with Crippen LogP contribution in [0.2, 0.25) is 0 Å². The van der Waals surface area contributed by atoms with Gasteiger partial charge in [-0.1, -0.05) is 0 Å². The van der Waals surface area contributed by atoms with E-state index in [1.807, 2.05) is 37.3 Å². The Labute approximate surface area is 127 Å². The Morgan fingerprint density at radius 2 is 2.00 bits per heavy atom. The second-order valence-electron chi connectivity index (χ2n) is 4.81. The number of nitrogens with zero attached hydrogens (tertiary/aromatic N) is 4. The fourth-order valence-electron chi connectivity index (χ4n) is 2.16. The maximum atomic E-state index is 8.97. The molecule has 7 nitrogen and oxygen atoms in total. The minimum Gasteiger partial charge on any atom is -0.497 e. The normalized spacial score (nSPS) is 10.9. The topological polar surface area (TPSA) is 84.6 Å². The first kappa shape index (κ1) is 14.3. The van der Waals surface area contributed by atoms with Gasteiger partial charge in [-0.2, -0.15) is 9.50 Å². The van der Waals surface area contributed by atoms with Gasteiger partial charge in [0.1, 0.15) is 11.6 Å². The minimum atomic E-state index is 0.0445. The van der Waals surface area contributed by atoms with Crippen molar-refractivity contribution < 1.29 is 9.84 Å². The molecular formula is C15H17N5O2. The Balaban J connectivity index is 2.04. The van der Waals surface area contributed by atoms with Crippen LogP contribution in [0.3, 0.4) is 0 Å². The summed E-state index contributed by atoms with van der Waals surface area (Å²) in [5.41, 5.74) is 1.72. The number of hydrogen-bond acceptors (Lipinski definition) is 6. The lowest BCUT2D eigenvalue weighted by Crippen LogP contribution is -2.10. The standard InChI is InChI=1S/C15H17N5O2/c1-10-9-13(16-7-8-21)20-15(17-10)18-14(19-20)11-3-5-12(22-2)6-4-11/h3-6,9,16,21H,7-8H2,1-2H3. The number of rotatable bonds is 5. The average Bonchev–Trinajstić information content (AvgIpc) is 2.96. The maximum Gasteiger partial charge on any atom is 0.254 e. The predicted molar refractivity (Wildman–Crippen MR) is 83.1 cm³/mol.